The number of ether oxygens (including phenoxy) is 1. The van der Waals surface area contributed by atoms with Crippen LogP contribution in [0.5, 0.6) is 0 Å². The minimum absolute atomic E-state index is 0.0197. The summed E-state index contributed by atoms with van der Waals surface area (Å²) in [5.41, 5.74) is 0. The Morgan fingerprint density at radius 2 is 2.00 bits per heavy atom. The maximum atomic E-state index is 11.8. The van der Waals surface area contributed by atoms with E-state index in [1.807, 2.05) is 0 Å². The molecule has 1 unspecified atom stereocenters. The van der Waals surface area contributed by atoms with Gasteiger partial charge in [-0.15, -0.1) is 0 Å². The first-order valence-corrected chi connectivity index (χ1v) is 5.92. The average molecular weight is 209 g/mol. The lowest BCUT2D eigenvalue weighted by atomic mass is 9.94. The minimum Gasteiger partial charge on any atom is -0.462 e. The van der Waals surface area contributed by atoms with Crippen molar-refractivity contribution in [3.63, 3.8) is 0 Å². The fourth-order valence-electron chi connectivity index (χ4n) is 2.18. The SMILES string of the molecule is O=C(OC1CCNCC1)C1CC=CCC1. The first kappa shape index (κ1) is 10.7. The summed E-state index contributed by atoms with van der Waals surface area (Å²) in [6, 6.07) is 0. The van der Waals surface area contributed by atoms with Crippen LogP contribution in [0.2, 0.25) is 0 Å². The summed E-state index contributed by atoms with van der Waals surface area (Å²) in [5.74, 6) is 0.135. The van der Waals surface area contributed by atoms with Crippen LogP contribution in [-0.2, 0) is 9.53 Å². The third-order valence-corrected chi connectivity index (χ3v) is 3.17. The molecule has 0 radical (unpaired) electrons. The molecule has 2 rings (SSSR count). The fourth-order valence-corrected chi connectivity index (χ4v) is 2.18. The van der Waals surface area contributed by atoms with Crippen molar-refractivity contribution in [1.29, 1.82) is 0 Å². The minimum atomic E-state index is 0.0197. The molecule has 0 bridgehead atoms. The van der Waals surface area contributed by atoms with E-state index in [0.717, 1.165) is 45.2 Å². The van der Waals surface area contributed by atoms with Gasteiger partial charge in [-0.3, -0.25) is 4.79 Å². The predicted molar refractivity (Wildman–Crippen MR) is 58.5 cm³/mol. The largest absolute Gasteiger partial charge is 0.462 e. The molecule has 0 spiro atoms. The molecule has 1 N–H and O–H groups in total. The second kappa shape index (κ2) is 5.31. The second-order valence-electron chi connectivity index (χ2n) is 4.37. The Balaban J connectivity index is 1.77. The van der Waals surface area contributed by atoms with E-state index in [1.54, 1.807) is 0 Å². The van der Waals surface area contributed by atoms with Gasteiger partial charge in [-0.05, 0) is 45.2 Å². The molecular weight excluding hydrogens is 190 g/mol. The molecule has 0 aromatic rings. The zero-order valence-electron chi connectivity index (χ0n) is 9.08. The highest BCUT2D eigenvalue weighted by Gasteiger charge is 2.24. The third kappa shape index (κ3) is 3.06. The Labute approximate surface area is 90.9 Å². The fraction of sp³-hybridized carbons (Fsp3) is 0.750. The highest BCUT2D eigenvalue weighted by molar-refractivity contribution is 5.73. The third-order valence-electron chi connectivity index (χ3n) is 3.17. The number of hydrogen-bond acceptors (Lipinski definition) is 3. The summed E-state index contributed by atoms with van der Waals surface area (Å²) in [4.78, 5) is 11.8. The first-order chi connectivity index (χ1) is 7.36. The van der Waals surface area contributed by atoms with E-state index in [1.165, 1.54) is 0 Å². The Bertz CT molecular complexity index is 244. The monoisotopic (exact) mass is 209 g/mol. The average Bonchev–Trinajstić information content (AvgIpc) is 2.31. The molecule has 1 saturated heterocycles. The number of hydrogen-bond donors (Lipinski definition) is 1. The predicted octanol–water partition coefficient (Wildman–Crippen LogP) is 1.64. The van der Waals surface area contributed by atoms with Gasteiger partial charge in [0.05, 0.1) is 5.92 Å². The van der Waals surface area contributed by atoms with Crippen molar-refractivity contribution in [2.75, 3.05) is 13.1 Å². The molecule has 3 heteroatoms. The molecule has 1 aliphatic carbocycles. The number of carbonyl (C=O) groups is 1. The molecule has 0 aromatic carbocycles. The second-order valence-corrected chi connectivity index (χ2v) is 4.37. The van der Waals surface area contributed by atoms with Gasteiger partial charge in [0, 0.05) is 0 Å². The van der Waals surface area contributed by atoms with Crippen molar-refractivity contribution in [2.45, 2.75) is 38.2 Å². The Morgan fingerprint density at radius 3 is 2.67 bits per heavy atom. The highest BCUT2D eigenvalue weighted by Crippen LogP contribution is 2.21. The number of rotatable bonds is 2. The van der Waals surface area contributed by atoms with Crippen molar-refractivity contribution in [3.05, 3.63) is 12.2 Å². The molecule has 1 heterocycles. The summed E-state index contributed by atoms with van der Waals surface area (Å²) < 4.78 is 5.52. The summed E-state index contributed by atoms with van der Waals surface area (Å²) in [6.45, 7) is 1.95. The lowest BCUT2D eigenvalue weighted by Gasteiger charge is -2.25. The zero-order valence-corrected chi connectivity index (χ0v) is 9.08. The van der Waals surface area contributed by atoms with E-state index < -0.39 is 0 Å². The van der Waals surface area contributed by atoms with Crippen LogP contribution in [-0.4, -0.2) is 25.2 Å². The Kier molecular flexibility index (Phi) is 3.78. The summed E-state index contributed by atoms with van der Waals surface area (Å²) >= 11 is 0. The molecule has 0 amide bonds. The van der Waals surface area contributed by atoms with Gasteiger partial charge in [0.1, 0.15) is 6.10 Å². The van der Waals surface area contributed by atoms with E-state index in [4.69, 9.17) is 4.74 Å². The van der Waals surface area contributed by atoms with E-state index in [0.29, 0.717) is 0 Å². The van der Waals surface area contributed by atoms with Gasteiger partial charge in [0.15, 0.2) is 0 Å². The molecule has 1 aliphatic heterocycles. The van der Waals surface area contributed by atoms with Crippen molar-refractivity contribution in [1.82, 2.24) is 5.32 Å². The van der Waals surface area contributed by atoms with Gasteiger partial charge >= 0.3 is 5.97 Å². The van der Waals surface area contributed by atoms with Crippen LogP contribution >= 0.6 is 0 Å². The van der Waals surface area contributed by atoms with Gasteiger partial charge in [-0.25, -0.2) is 0 Å². The number of allylic oxidation sites excluding steroid dienone is 2. The summed E-state index contributed by atoms with van der Waals surface area (Å²) in [7, 11) is 0. The zero-order chi connectivity index (χ0) is 10.5. The van der Waals surface area contributed by atoms with Crippen LogP contribution in [0.15, 0.2) is 12.2 Å². The van der Waals surface area contributed by atoms with Crippen LogP contribution in [0.1, 0.15) is 32.1 Å². The normalized spacial score (nSPS) is 27.6. The van der Waals surface area contributed by atoms with E-state index in [-0.39, 0.29) is 18.0 Å². The van der Waals surface area contributed by atoms with Gasteiger partial charge in [-0.2, -0.15) is 0 Å². The van der Waals surface area contributed by atoms with Crippen molar-refractivity contribution >= 4 is 5.97 Å². The molecule has 1 atom stereocenters. The Hall–Kier alpha value is -0.830. The standard InChI is InChI=1S/C12H19NO2/c14-12(10-4-2-1-3-5-10)15-11-6-8-13-9-7-11/h1-2,10-11,13H,3-9H2. The molecule has 1 fully saturated rings. The number of piperidine rings is 1. The van der Waals surface area contributed by atoms with Crippen LogP contribution in [0.3, 0.4) is 0 Å². The van der Waals surface area contributed by atoms with Gasteiger partial charge < -0.3 is 10.1 Å². The van der Waals surface area contributed by atoms with Gasteiger partial charge in [-0.1, -0.05) is 12.2 Å². The molecule has 2 aliphatic rings. The number of nitrogens with one attached hydrogen (secondary N) is 1. The maximum absolute atomic E-state index is 11.8. The molecule has 3 nitrogen and oxygen atoms in total. The molecule has 0 saturated carbocycles. The van der Waals surface area contributed by atoms with Gasteiger partial charge in [0.2, 0.25) is 0 Å². The van der Waals surface area contributed by atoms with E-state index in [9.17, 15) is 4.79 Å². The number of carbonyl (C=O) groups excluding carboxylic acids is 1. The molecule has 84 valence electrons. The lowest BCUT2D eigenvalue weighted by Crippen LogP contribution is -2.35. The maximum Gasteiger partial charge on any atom is 0.309 e. The quantitative estimate of drug-likeness (QED) is 0.555. The Morgan fingerprint density at radius 1 is 1.20 bits per heavy atom. The molecular formula is C12H19NO2. The lowest BCUT2D eigenvalue weighted by molar-refractivity contribution is -0.155. The van der Waals surface area contributed by atoms with Crippen LogP contribution in [0.25, 0.3) is 0 Å². The molecule has 15 heavy (non-hydrogen) atoms. The first-order valence-electron chi connectivity index (χ1n) is 5.92. The van der Waals surface area contributed by atoms with Crippen molar-refractivity contribution in [3.8, 4) is 0 Å². The van der Waals surface area contributed by atoms with Crippen LogP contribution in [0.4, 0.5) is 0 Å². The van der Waals surface area contributed by atoms with E-state index >= 15 is 0 Å². The van der Waals surface area contributed by atoms with Crippen molar-refractivity contribution in [2.24, 2.45) is 5.92 Å². The highest BCUT2D eigenvalue weighted by atomic mass is 16.5. The van der Waals surface area contributed by atoms with E-state index in [2.05, 4.69) is 17.5 Å². The molecule has 0 aromatic heterocycles. The van der Waals surface area contributed by atoms with Crippen LogP contribution < -0.4 is 5.32 Å². The van der Waals surface area contributed by atoms with Crippen molar-refractivity contribution < 1.29 is 9.53 Å². The summed E-state index contributed by atoms with van der Waals surface area (Å²) in [5, 5.41) is 3.27. The smallest absolute Gasteiger partial charge is 0.309 e. The summed E-state index contributed by atoms with van der Waals surface area (Å²) in [6.07, 6.45) is 9.18. The van der Waals surface area contributed by atoms with Crippen LogP contribution in [0, 0.1) is 5.92 Å². The van der Waals surface area contributed by atoms with Gasteiger partial charge in [0.25, 0.3) is 0 Å². The number of esters is 1. The topological polar surface area (TPSA) is 38.3 Å².